The fraction of sp³-hybridized carbons (Fsp3) is 0.346. The number of halogens is 6. The highest BCUT2D eigenvalue weighted by Gasteiger charge is 2.47. The molecule has 230 valence electrons. The van der Waals surface area contributed by atoms with Crippen LogP contribution in [0.1, 0.15) is 33.6 Å². The molecule has 1 atom stereocenters. The number of amides is 2. The van der Waals surface area contributed by atoms with Crippen molar-refractivity contribution in [1.29, 1.82) is 0 Å². The van der Waals surface area contributed by atoms with Crippen LogP contribution in [0.2, 0.25) is 0 Å². The number of carbonyl (C=O) groups excluding carboxylic acids is 2. The average Bonchev–Trinajstić information content (AvgIpc) is 3.38. The largest absolute Gasteiger partial charge is 0.573 e. The van der Waals surface area contributed by atoms with E-state index < -0.39 is 57.8 Å². The van der Waals surface area contributed by atoms with E-state index in [-0.39, 0.29) is 34.9 Å². The monoisotopic (exact) mass is 632 g/mol. The molecule has 0 bridgehead atoms. The molecule has 1 aromatic heterocycles. The number of nitrogens with zero attached hydrogens (tertiary/aromatic N) is 2. The Bertz CT molecular complexity index is 1720. The number of sulfone groups is 1. The Morgan fingerprint density at radius 1 is 1.12 bits per heavy atom. The molecule has 1 spiro atoms. The number of alkyl halides is 6. The van der Waals surface area contributed by atoms with E-state index in [0.717, 1.165) is 23.1 Å². The Balaban J connectivity index is 1.54. The smallest absolute Gasteiger partial charge is 0.484 e. The molecule has 0 radical (unpaired) electrons. The molecule has 17 heteroatoms. The summed E-state index contributed by atoms with van der Waals surface area (Å²) in [6, 6.07) is 8.93. The fourth-order valence-electron chi connectivity index (χ4n) is 5.25. The zero-order valence-corrected chi connectivity index (χ0v) is 22.9. The normalized spacial score (nSPS) is 18.2. The van der Waals surface area contributed by atoms with Crippen molar-refractivity contribution in [2.75, 3.05) is 23.9 Å². The Hall–Kier alpha value is -4.28. The minimum absolute atomic E-state index is 0.00272. The number of ether oxygens (including phenoxy) is 2. The highest BCUT2D eigenvalue weighted by atomic mass is 32.2. The van der Waals surface area contributed by atoms with Crippen LogP contribution in [0.3, 0.4) is 0 Å². The van der Waals surface area contributed by atoms with Crippen molar-refractivity contribution >= 4 is 27.5 Å². The quantitative estimate of drug-likeness (QED) is 0.379. The Morgan fingerprint density at radius 2 is 1.86 bits per heavy atom. The van der Waals surface area contributed by atoms with Crippen LogP contribution in [0.25, 0.3) is 5.69 Å². The second-order valence-corrected chi connectivity index (χ2v) is 12.3. The first-order valence-electron chi connectivity index (χ1n) is 12.5. The van der Waals surface area contributed by atoms with Gasteiger partial charge < -0.3 is 20.1 Å². The number of anilines is 1. The van der Waals surface area contributed by atoms with E-state index in [9.17, 15) is 44.3 Å². The molecule has 3 aromatic rings. The number of hydrogen-bond donors (Lipinski definition) is 2. The molecule has 2 amide bonds. The van der Waals surface area contributed by atoms with Crippen LogP contribution in [-0.2, 0) is 33.0 Å². The van der Waals surface area contributed by atoms with Gasteiger partial charge in [-0.05, 0) is 48.2 Å². The predicted molar refractivity (Wildman–Crippen MR) is 138 cm³/mol. The summed E-state index contributed by atoms with van der Waals surface area (Å²) in [5.74, 6) is -3.55. The van der Waals surface area contributed by atoms with Crippen molar-refractivity contribution in [3.63, 3.8) is 0 Å². The molecular formula is C26H22F6N4O6S. The van der Waals surface area contributed by atoms with E-state index in [0.29, 0.717) is 24.0 Å². The molecule has 0 saturated heterocycles. The first-order valence-corrected chi connectivity index (χ1v) is 14.6. The van der Waals surface area contributed by atoms with Crippen LogP contribution in [-0.4, -0.2) is 61.2 Å². The molecular weight excluding hydrogens is 610 g/mol. The van der Waals surface area contributed by atoms with Crippen molar-refractivity contribution in [1.82, 2.24) is 15.1 Å². The summed E-state index contributed by atoms with van der Waals surface area (Å²) in [7, 11) is -3.79. The van der Waals surface area contributed by atoms with Crippen molar-refractivity contribution in [2.24, 2.45) is 0 Å². The van der Waals surface area contributed by atoms with Gasteiger partial charge in [0.2, 0.25) is 5.91 Å². The lowest BCUT2D eigenvalue weighted by atomic mass is 9.82. The second-order valence-electron chi connectivity index (χ2n) is 10.2. The third-order valence-electron chi connectivity index (χ3n) is 6.77. The maximum atomic E-state index is 13.6. The van der Waals surface area contributed by atoms with E-state index in [2.05, 4.69) is 20.5 Å². The van der Waals surface area contributed by atoms with Crippen LogP contribution in [0.5, 0.6) is 11.5 Å². The summed E-state index contributed by atoms with van der Waals surface area (Å²) in [4.78, 5) is 26.2. The highest BCUT2D eigenvalue weighted by molar-refractivity contribution is 7.91. The number of benzene rings is 2. The number of aromatic nitrogens is 2. The van der Waals surface area contributed by atoms with Gasteiger partial charge in [-0.1, -0.05) is 12.1 Å². The molecule has 0 saturated carbocycles. The maximum Gasteiger partial charge on any atom is 0.573 e. The third kappa shape index (κ3) is 6.71. The van der Waals surface area contributed by atoms with E-state index in [1.54, 1.807) is 6.07 Å². The number of carbonyl (C=O) groups is 2. The summed E-state index contributed by atoms with van der Waals surface area (Å²) in [6.07, 6.45) is -7.94. The van der Waals surface area contributed by atoms with Gasteiger partial charge in [0.15, 0.2) is 16.4 Å². The lowest BCUT2D eigenvalue weighted by Crippen LogP contribution is -2.49. The van der Waals surface area contributed by atoms with E-state index in [1.165, 1.54) is 24.3 Å². The summed E-state index contributed by atoms with van der Waals surface area (Å²) in [5, 5.41) is 9.68. The molecule has 10 nitrogen and oxygen atoms in total. The zero-order chi connectivity index (χ0) is 31.4. The molecule has 1 aliphatic carbocycles. The fourth-order valence-corrected chi connectivity index (χ4v) is 5.80. The van der Waals surface area contributed by atoms with E-state index >= 15 is 0 Å². The van der Waals surface area contributed by atoms with Gasteiger partial charge in [-0.25, -0.2) is 13.1 Å². The van der Waals surface area contributed by atoms with Crippen molar-refractivity contribution < 1.29 is 53.8 Å². The van der Waals surface area contributed by atoms with Gasteiger partial charge in [0.05, 0.1) is 16.9 Å². The Labute approximate surface area is 239 Å². The van der Waals surface area contributed by atoms with Crippen molar-refractivity contribution in [2.45, 2.75) is 37.3 Å². The number of hydrogen-bond acceptors (Lipinski definition) is 7. The minimum Gasteiger partial charge on any atom is -0.484 e. The topological polar surface area (TPSA) is 129 Å². The molecule has 1 aliphatic heterocycles. The molecule has 5 rings (SSSR count). The maximum absolute atomic E-state index is 13.6. The highest BCUT2D eigenvalue weighted by Crippen LogP contribution is 2.45. The minimum atomic E-state index is -5.01. The molecule has 43 heavy (non-hydrogen) atoms. The molecule has 0 unspecified atom stereocenters. The van der Waals surface area contributed by atoms with Crippen LogP contribution >= 0.6 is 0 Å². The van der Waals surface area contributed by atoms with Crippen molar-refractivity contribution in [3.05, 3.63) is 64.8 Å². The molecule has 2 heterocycles. The number of nitrogens with one attached hydrogen (secondary N) is 2. The molecule has 2 N–H and O–H groups in total. The lowest BCUT2D eigenvalue weighted by Gasteiger charge is -2.35. The van der Waals surface area contributed by atoms with Gasteiger partial charge in [-0.15, -0.1) is 13.2 Å². The number of fused-ring (bicyclic) bond motifs is 3. The summed E-state index contributed by atoms with van der Waals surface area (Å²) < 4.78 is 110. The van der Waals surface area contributed by atoms with Gasteiger partial charge in [-0.2, -0.15) is 18.3 Å². The van der Waals surface area contributed by atoms with E-state index in [4.69, 9.17) is 4.74 Å². The lowest BCUT2D eigenvalue weighted by molar-refractivity contribution is -0.274. The Kier molecular flexibility index (Phi) is 7.35. The molecule has 0 fully saturated rings. The molecule has 2 aromatic carbocycles. The van der Waals surface area contributed by atoms with Gasteiger partial charge in [0.1, 0.15) is 28.6 Å². The van der Waals surface area contributed by atoms with Gasteiger partial charge in [0, 0.05) is 18.7 Å². The second kappa shape index (κ2) is 10.5. The van der Waals surface area contributed by atoms with E-state index in [1.807, 2.05) is 0 Å². The summed E-state index contributed by atoms with van der Waals surface area (Å²) in [6.45, 7) is -1.47. The number of rotatable bonds is 7. The van der Waals surface area contributed by atoms with Crippen LogP contribution in [0.4, 0.5) is 32.2 Å². The zero-order valence-electron chi connectivity index (χ0n) is 22.1. The predicted octanol–water partition coefficient (Wildman–Crippen LogP) is 3.82. The van der Waals surface area contributed by atoms with Crippen LogP contribution in [0, 0.1) is 0 Å². The van der Waals surface area contributed by atoms with Crippen LogP contribution in [0.15, 0.2) is 42.5 Å². The summed E-state index contributed by atoms with van der Waals surface area (Å²) >= 11 is 0. The molecule has 2 aliphatic rings. The van der Waals surface area contributed by atoms with Crippen molar-refractivity contribution in [3.8, 4) is 17.2 Å². The van der Waals surface area contributed by atoms with Gasteiger partial charge >= 0.3 is 12.5 Å². The van der Waals surface area contributed by atoms with Gasteiger partial charge in [0.25, 0.3) is 5.91 Å². The third-order valence-corrected chi connectivity index (χ3v) is 7.56. The first-order chi connectivity index (χ1) is 19.9. The van der Waals surface area contributed by atoms with Gasteiger partial charge in [-0.3, -0.25) is 9.59 Å². The summed E-state index contributed by atoms with van der Waals surface area (Å²) in [5.41, 5.74) is 0.200. The Morgan fingerprint density at radius 3 is 2.53 bits per heavy atom. The standard InChI is InChI=1S/C26H22F6N4O6S/c1-43(39,40)12-20(37)33-22-21-19(35-36(22)15-3-2-4-17(10-15)42-26(30,31)32)11-24(34-23(21)38)8-7-14-9-16(5-6-18(14)24)41-13-25(27,28)29/h2-6,9-10H,7-8,11-13H2,1H3,(H,33,37)(H,34,38)/t24-/m0/s1. The first kappa shape index (κ1) is 30.2. The average molecular weight is 633 g/mol. The number of aryl methyl sites for hydroxylation is 1. The SMILES string of the molecule is CS(=O)(=O)CC(=O)Nc1c2c(nn1-c1cccc(OC(F)(F)F)c1)C[C@]1(CCc3cc(OCC(F)(F)F)ccc31)NC2=O. The van der Waals surface area contributed by atoms with Crippen LogP contribution < -0.4 is 20.1 Å².